The molecule has 21 heavy (non-hydrogen) atoms. The summed E-state index contributed by atoms with van der Waals surface area (Å²) in [5.74, 6) is -0.281. The number of ether oxygens (including phenoxy) is 2. The Bertz CT molecular complexity index is 290. The van der Waals surface area contributed by atoms with E-state index in [1.54, 1.807) is 6.92 Å². The molecule has 0 spiro atoms. The number of carbonyl (C=O) groups is 2. The summed E-state index contributed by atoms with van der Waals surface area (Å²) < 4.78 is 23.2. The molecule has 0 saturated heterocycles. The van der Waals surface area contributed by atoms with Crippen LogP contribution in [0.4, 0.5) is 4.39 Å². The van der Waals surface area contributed by atoms with Crippen LogP contribution in [0, 0.1) is 0 Å². The molecular formula is C14H27FN2O4. The Morgan fingerprint density at radius 1 is 1.14 bits per heavy atom. The van der Waals surface area contributed by atoms with Crippen molar-refractivity contribution in [3.63, 3.8) is 0 Å². The van der Waals surface area contributed by atoms with E-state index in [0.29, 0.717) is 19.6 Å². The van der Waals surface area contributed by atoms with E-state index >= 15 is 0 Å². The second kappa shape index (κ2) is 13.8. The highest BCUT2D eigenvalue weighted by molar-refractivity contribution is 5.77. The highest BCUT2D eigenvalue weighted by Crippen LogP contribution is 1.97. The molecule has 0 rings (SSSR count). The number of alkyl halides is 1. The molecular weight excluding hydrogens is 279 g/mol. The van der Waals surface area contributed by atoms with Gasteiger partial charge in [-0.3, -0.25) is 9.59 Å². The van der Waals surface area contributed by atoms with E-state index in [4.69, 9.17) is 4.74 Å². The first kappa shape index (κ1) is 19.8. The first-order valence-corrected chi connectivity index (χ1v) is 7.34. The number of carbonyl (C=O) groups excluding carboxylic acids is 2. The van der Waals surface area contributed by atoms with E-state index < -0.39 is 6.17 Å². The number of hydrogen-bond donors (Lipinski definition) is 2. The van der Waals surface area contributed by atoms with Crippen LogP contribution in [0.5, 0.6) is 0 Å². The van der Waals surface area contributed by atoms with Crippen LogP contribution in [-0.2, 0) is 19.1 Å². The lowest BCUT2D eigenvalue weighted by atomic mass is 10.2. The average molecular weight is 306 g/mol. The minimum absolute atomic E-state index is 0.00178. The summed E-state index contributed by atoms with van der Waals surface area (Å²) in [4.78, 5) is 22.0. The number of rotatable bonds is 13. The Morgan fingerprint density at radius 3 is 2.57 bits per heavy atom. The first-order valence-electron chi connectivity index (χ1n) is 7.34. The zero-order chi connectivity index (χ0) is 15.9. The minimum atomic E-state index is -1.17. The van der Waals surface area contributed by atoms with Gasteiger partial charge in [-0.1, -0.05) is 6.92 Å². The van der Waals surface area contributed by atoms with E-state index in [1.807, 2.05) is 0 Å². The van der Waals surface area contributed by atoms with Crippen molar-refractivity contribution in [3.05, 3.63) is 0 Å². The molecule has 124 valence electrons. The molecule has 2 N–H and O–H groups in total. The Kier molecular flexibility index (Phi) is 13.0. The van der Waals surface area contributed by atoms with Crippen molar-refractivity contribution in [3.8, 4) is 0 Å². The maximum absolute atomic E-state index is 13.3. The van der Waals surface area contributed by atoms with E-state index in [9.17, 15) is 14.0 Å². The molecule has 0 fully saturated rings. The van der Waals surface area contributed by atoms with Gasteiger partial charge in [-0.05, 0) is 19.3 Å². The third-order valence-corrected chi connectivity index (χ3v) is 2.70. The predicted octanol–water partition coefficient (Wildman–Crippen LogP) is 0.800. The SMILES string of the molecule is CCC(=O)NCC(F)COCCCCCNC(=O)COC. The largest absolute Gasteiger partial charge is 0.378 e. The van der Waals surface area contributed by atoms with Crippen LogP contribution in [0.3, 0.4) is 0 Å². The Balaban J connectivity index is 3.28. The van der Waals surface area contributed by atoms with Gasteiger partial charge in [-0.15, -0.1) is 0 Å². The van der Waals surface area contributed by atoms with Crippen LogP contribution in [0.25, 0.3) is 0 Å². The normalized spacial score (nSPS) is 12.0. The standard InChI is InChI=1S/C14H27FN2O4/c1-3-13(18)17-9-12(15)10-21-8-6-4-5-7-16-14(19)11-20-2/h12H,3-11H2,1-2H3,(H,16,19)(H,17,18). The lowest BCUT2D eigenvalue weighted by molar-refractivity contribution is -0.124. The van der Waals surface area contributed by atoms with Crippen LogP contribution in [-0.4, -0.2) is 58.0 Å². The zero-order valence-electron chi connectivity index (χ0n) is 13.0. The Morgan fingerprint density at radius 2 is 1.90 bits per heavy atom. The third kappa shape index (κ3) is 13.5. The number of amides is 2. The second-order valence-corrected chi connectivity index (χ2v) is 4.67. The highest BCUT2D eigenvalue weighted by Gasteiger charge is 2.07. The van der Waals surface area contributed by atoms with E-state index in [2.05, 4.69) is 15.4 Å². The molecule has 0 radical (unpaired) electrons. The quantitative estimate of drug-likeness (QED) is 0.494. The smallest absolute Gasteiger partial charge is 0.245 e. The van der Waals surface area contributed by atoms with E-state index in [-0.39, 0.29) is 31.6 Å². The molecule has 0 aromatic heterocycles. The fourth-order valence-electron chi connectivity index (χ4n) is 1.54. The third-order valence-electron chi connectivity index (χ3n) is 2.70. The number of methoxy groups -OCH3 is 1. The molecule has 0 aliphatic heterocycles. The van der Waals surface area contributed by atoms with Crippen molar-refractivity contribution in [2.24, 2.45) is 0 Å². The van der Waals surface area contributed by atoms with Crippen molar-refractivity contribution >= 4 is 11.8 Å². The molecule has 7 heteroatoms. The molecule has 0 heterocycles. The maximum Gasteiger partial charge on any atom is 0.245 e. The molecule has 0 aliphatic carbocycles. The molecule has 0 aromatic carbocycles. The van der Waals surface area contributed by atoms with Gasteiger partial charge in [0, 0.05) is 26.7 Å². The number of unbranched alkanes of at least 4 members (excludes halogenated alkanes) is 2. The molecule has 1 atom stereocenters. The fraction of sp³-hybridized carbons (Fsp3) is 0.857. The van der Waals surface area contributed by atoms with Gasteiger partial charge in [-0.25, -0.2) is 4.39 Å². The summed E-state index contributed by atoms with van der Waals surface area (Å²) in [6, 6.07) is 0. The molecule has 1 unspecified atom stereocenters. The van der Waals surface area contributed by atoms with Crippen LogP contribution in [0.15, 0.2) is 0 Å². The Labute approximate surface area is 125 Å². The summed E-state index contributed by atoms with van der Waals surface area (Å²) in [7, 11) is 1.47. The topological polar surface area (TPSA) is 76.7 Å². The number of nitrogens with one attached hydrogen (secondary N) is 2. The van der Waals surface area contributed by atoms with Crippen molar-refractivity contribution < 1.29 is 23.5 Å². The lowest BCUT2D eigenvalue weighted by Crippen LogP contribution is -2.31. The van der Waals surface area contributed by atoms with Crippen LogP contribution < -0.4 is 10.6 Å². The van der Waals surface area contributed by atoms with Gasteiger partial charge in [0.1, 0.15) is 12.8 Å². The van der Waals surface area contributed by atoms with Gasteiger partial charge in [-0.2, -0.15) is 0 Å². The van der Waals surface area contributed by atoms with Gasteiger partial charge in [0.05, 0.1) is 13.2 Å². The predicted molar refractivity (Wildman–Crippen MR) is 77.8 cm³/mol. The number of halogens is 1. The monoisotopic (exact) mass is 306 g/mol. The average Bonchev–Trinajstić information content (AvgIpc) is 2.47. The van der Waals surface area contributed by atoms with Gasteiger partial charge in [0.25, 0.3) is 0 Å². The first-order chi connectivity index (χ1) is 10.1. The van der Waals surface area contributed by atoms with E-state index in [1.165, 1.54) is 7.11 Å². The van der Waals surface area contributed by atoms with Crippen molar-refractivity contribution in [1.29, 1.82) is 0 Å². The van der Waals surface area contributed by atoms with Gasteiger partial charge in [0.2, 0.25) is 11.8 Å². The Hall–Kier alpha value is -1.21. The van der Waals surface area contributed by atoms with Gasteiger partial charge < -0.3 is 20.1 Å². The number of hydrogen-bond acceptors (Lipinski definition) is 4. The minimum Gasteiger partial charge on any atom is -0.378 e. The van der Waals surface area contributed by atoms with Gasteiger partial charge >= 0.3 is 0 Å². The summed E-state index contributed by atoms with van der Waals surface area (Å²) in [6.45, 7) is 2.88. The summed E-state index contributed by atoms with van der Waals surface area (Å²) >= 11 is 0. The van der Waals surface area contributed by atoms with Crippen molar-refractivity contribution in [1.82, 2.24) is 10.6 Å². The summed E-state index contributed by atoms with van der Waals surface area (Å²) in [6.07, 6.45) is 1.75. The second-order valence-electron chi connectivity index (χ2n) is 4.67. The van der Waals surface area contributed by atoms with Crippen LogP contribution >= 0.6 is 0 Å². The highest BCUT2D eigenvalue weighted by atomic mass is 19.1. The molecule has 2 amide bonds. The molecule has 0 bridgehead atoms. The van der Waals surface area contributed by atoms with Crippen LogP contribution in [0.2, 0.25) is 0 Å². The maximum atomic E-state index is 13.3. The summed E-state index contributed by atoms with van der Waals surface area (Å²) in [5.41, 5.74) is 0. The lowest BCUT2D eigenvalue weighted by Gasteiger charge is -2.10. The zero-order valence-corrected chi connectivity index (χ0v) is 13.0. The van der Waals surface area contributed by atoms with E-state index in [0.717, 1.165) is 19.3 Å². The molecule has 0 aromatic rings. The molecule has 0 saturated carbocycles. The fourth-order valence-corrected chi connectivity index (χ4v) is 1.54. The molecule has 0 aliphatic rings. The van der Waals surface area contributed by atoms with Gasteiger partial charge in [0.15, 0.2) is 0 Å². The van der Waals surface area contributed by atoms with Crippen LogP contribution in [0.1, 0.15) is 32.6 Å². The molecule has 6 nitrogen and oxygen atoms in total. The summed E-state index contributed by atoms with van der Waals surface area (Å²) in [5, 5.41) is 5.20. The van der Waals surface area contributed by atoms with Crippen molar-refractivity contribution in [2.75, 3.05) is 40.0 Å². The van der Waals surface area contributed by atoms with Crippen molar-refractivity contribution in [2.45, 2.75) is 38.8 Å².